The molecule has 0 amide bonds. The monoisotopic (exact) mass is 256 g/mol. The van der Waals surface area contributed by atoms with Gasteiger partial charge in [0.2, 0.25) is 0 Å². The quantitative estimate of drug-likeness (QED) is 0.883. The number of halogens is 3. The third-order valence-corrected chi connectivity index (χ3v) is 2.32. The van der Waals surface area contributed by atoms with Crippen molar-refractivity contribution in [1.82, 2.24) is 15.0 Å². The van der Waals surface area contributed by atoms with Gasteiger partial charge in [0.25, 0.3) is 0 Å². The highest BCUT2D eigenvalue weighted by Gasteiger charge is 2.33. The Morgan fingerprint density at radius 3 is 2.72 bits per heavy atom. The summed E-state index contributed by atoms with van der Waals surface area (Å²) in [5.41, 5.74) is -0.760. The lowest BCUT2D eigenvalue weighted by atomic mass is 10.2. The molecule has 0 unspecified atom stereocenters. The second-order valence-corrected chi connectivity index (χ2v) is 3.61. The van der Waals surface area contributed by atoms with Crippen LogP contribution in [0.5, 0.6) is 0 Å². The van der Waals surface area contributed by atoms with Crippen molar-refractivity contribution in [3.63, 3.8) is 0 Å². The van der Waals surface area contributed by atoms with Crippen LogP contribution in [-0.4, -0.2) is 21.5 Å². The summed E-state index contributed by atoms with van der Waals surface area (Å²) in [6, 6.07) is 2.27. The van der Waals surface area contributed by atoms with Gasteiger partial charge in [-0.05, 0) is 12.1 Å². The standard InChI is InChI=1S/C11H11F3N4/c12-11(13,14)8-2-1-4-17-10(8)18-5-3-9-15-6-7-16-9/h1-2,4,6-7H,3,5H2,(H,15,16)(H,17,18). The third-order valence-electron chi connectivity index (χ3n) is 2.32. The van der Waals surface area contributed by atoms with E-state index in [0.29, 0.717) is 18.8 Å². The van der Waals surface area contributed by atoms with Crippen molar-refractivity contribution in [1.29, 1.82) is 0 Å². The minimum absolute atomic E-state index is 0.156. The highest BCUT2D eigenvalue weighted by atomic mass is 19.4. The summed E-state index contributed by atoms with van der Waals surface area (Å²) in [5.74, 6) is 0.559. The number of nitrogens with zero attached hydrogens (tertiary/aromatic N) is 2. The number of aromatic nitrogens is 3. The smallest absolute Gasteiger partial charge is 0.369 e. The summed E-state index contributed by atoms with van der Waals surface area (Å²) >= 11 is 0. The molecule has 2 rings (SSSR count). The van der Waals surface area contributed by atoms with Crippen LogP contribution in [0.15, 0.2) is 30.7 Å². The predicted molar refractivity (Wildman–Crippen MR) is 60.0 cm³/mol. The van der Waals surface area contributed by atoms with Gasteiger partial charge in [-0.3, -0.25) is 0 Å². The third kappa shape index (κ3) is 2.99. The lowest BCUT2D eigenvalue weighted by molar-refractivity contribution is -0.137. The molecular weight excluding hydrogens is 245 g/mol. The van der Waals surface area contributed by atoms with Crippen LogP contribution in [-0.2, 0) is 12.6 Å². The number of H-pyrrole nitrogens is 1. The molecular formula is C11H11F3N4. The van der Waals surface area contributed by atoms with Crippen LogP contribution < -0.4 is 5.32 Å². The number of nitrogens with one attached hydrogen (secondary N) is 2. The fraction of sp³-hybridized carbons (Fsp3) is 0.273. The van der Waals surface area contributed by atoms with Crippen LogP contribution in [0.3, 0.4) is 0 Å². The molecule has 0 saturated heterocycles. The Hall–Kier alpha value is -2.05. The SMILES string of the molecule is FC(F)(F)c1cccnc1NCCc1ncc[nH]1. The van der Waals surface area contributed by atoms with Gasteiger partial charge >= 0.3 is 6.18 Å². The molecule has 0 aromatic carbocycles. The van der Waals surface area contributed by atoms with E-state index in [9.17, 15) is 13.2 Å². The minimum Gasteiger partial charge on any atom is -0.369 e. The fourth-order valence-corrected chi connectivity index (χ4v) is 1.51. The molecule has 2 aromatic rings. The number of aromatic amines is 1. The van der Waals surface area contributed by atoms with E-state index in [1.807, 2.05) is 0 Å². The van der Waals surface area contributed by atoms with E-state index >= 15 is 0 Å². The van der Waals surface area contributed by atoms with Crippen molar-refractivity contribution in [3.8, 4) is 0 Å². The summed E-state index contributed by atoms with van der Waals surface area (Å²) in [6.45, 7) is 0.327. The van der Waals surface area contributed by atoms with E-state index < -0.39 is 11.7 Å². The number of hydrogen-bond acceptors (Lipinski definition) is 3. The van der Waals surface area contributed by atoms with Crippen molar-refractivity contribution < 1.29 is 13.2 Å². The lowest BCUT2D eigenvalue weighted by Crippen LogP contribution is -2.14. The number of rotatable bonds is 4. The van der Waals surface area contributed by atoms with Gasteiger partial charge in [0, 0.05) is 31.6 Å². The highest BCUT2D eigenvalue weighted by Crippen LogP contribution is 2.33. The normalized spacial score (nSPS) is 11.5. The van der Waals surface area contributed by atoms with E-state index in [1.165, 1.54) is 12.3 Å². The van der Waals surface area contributed by atoms with Crippen molar-refractivity contribution in [3.05, 3.63) is 42.1 Å². The zero-order chi connectivity index (χ0) is 13.0. The molecule has 4 nitrogen and oxygen atoms in total. The maximum atomic E-state index is 12.7. The van der Waals surface area contributed by atoms with Crippen LogP contribution in [0.25, 0.3) is 0 Å². The Labute approximate surface area is 101 Å². The molecule has 2 aromatic heterocycles. The molecule has 2 N–H and O–H groups in total. The van der Waals surface area contributed by atoms with E-state index in [1.54, 1.807) is 12.4 Å². The van der Waals surface area contributed by atoms with Crippen LogP contribution in [0, 0.1) is 0 Å². The first-order valence-corrected chi connectivity index (χ1v) is 5.32. The summed E-state index contributed by atoms with van der Waals surface area (Å²) in [4.78, 5) is 10.6. The molecule has 2 heterocycles. The number of pyridine rings is 1. The molecule has 18 heavy (non-hydrogen) atoms. The molecule has 0 radical (unpaired) electrons. The Morgan fingerprint density at radius 1 is 1.22 bits per heavy atom. The largest absolute Gasteiger partial charge is 0.419 e. The zero-order valence-corrected chi connectivity index (χ0v) is 9.33. The van der Waals surface area contributed by atoms with Crippen molar-refractivity contribution >= 4 is 5.82 Å². The van der Waals surface area contributed by atoms with Crippen molar-refractivity contribution in [2.24, 2.45) is 0 Å². The lowest BCUT2D eigenvalue weighted by Gasteiger charge is -2.12. The molecule has 0 atom stereocenters. The van der Waals surface area contributed by atoms with Crippen molar-refractivity contribution in [2.75, 3.05) is 11.9 Å². The summed E-state index contributed by atoms with van der Waals surface area (Å²) in [5, 5.41) is 2.67. The molecule has 0 saturated carbocycles. The van der Waals surface area contributed by atoms with Crippen LogP contribution in [0.4, 0.5) is 19.0 Å². The fourth-order valence-electron chi connectivity index (χ4n) is 1.51. The average molecular weight is 256 g/mol. The van der Waals surface area contributed by atoms with E-state index in [-0.39, 0.29) is 5.82 Å². The van der Waals surface area contributed by atoms with Gasteiger partial charge in [0.1, 0.15) is 11.6 Å². The first-order valence-electron chi connectivity index (χ1n) is 5.32. The van der Waals surface area contributed by atoms with Crippen LogP contribution in [0.1, 0.15) is 11.4 Å². The van der Waals surface area contributed by atoms with Gasteiger partial charge in [0.15, 0.2) is 0 Å². The molecule has 0 fully saturated rings. The summed E-state index contributed by atoms with van der Waals surface area (Å²) in [6.07, 6.45) is 0.682. The Balaban J connectivity index is 2.01. The number of anilines is 1. The highest BCUT2D eigenvalue weighted by molar-refractivity contribution is 5.45. The van der Waals surface area contributed by atoms with E-state index in [4.69, 9.17) is 0 Å². The molecule has 96 valence electrons. The van der Waals surface area contributed by atoms with Crippen molar-refractivity contribution in [2.45, 2.75) is 12.6 Å². The minimum atomic E-state index is -4.40. The number of alkyl halides is 3. The summed E-state index contributed by atoms with van der Waals surface area (Å²) in [7, 11) is 0. The molecule has 0 aliphatic heterocycles. The molecule has 0 aliphatic carbocycles. The van der Waals surface area contributed by atoms with Gasteiger partial charge in [-0.2, -0.15) is 13.2 Å². The topological polar surface area (TPSA) is 53.6 Å². The van der Waals surface area contributed by atoms with E-state index in [0.717, 1.165) is 6.07 Å². The first-order chi connectivity index (χ1) is 8.57. The van der Waals surface area contributed by atoms with Gasteiger partial charge in [-0.25, -0.2) is 9.97 Å². The van der Waals surface area contributed by atoms with Gasteiger partial charge in [-0.1, -0.05) is 0 Å². The predicted octanol–water partition coefficient (Wildman–Crippen LogP) is 2.48. The second kappa shape index (κ2) is 5.07. The van der Waals surface area contributed by atoms with Crippen LogP contribution in [0.2, 0.25) is 0 Å². The maximum Gasteiger partial charge on any atom is 0.419 e. The maximum absolute atomic E-state index is 12.7. The zero-order valence-electron chi connectivity index (χ0n) is 9.33. The first kappa shape index (κ1) is 12.4. The van der Waals surface area contributed by atoms with Gasteiger partial charge in [0.05, 0.1) is 5.56 Å². The number of imidazole rings is 1. The second-order valence-electron chi connectivity index (χ2n) is 3.61. The van der Waals surface area contributed by atoms with Gasteiger partial charge < -0.3 is 10.3 Å². The average Bonchev–Trinajstić information content (AvgIpc) is 2.81. The molecule has 0 spiro atoms. The molecule has 0 aliphatic rings. The Kier molecular flexibility index (Phi) is 3.50. The summed E-state index contributed by atoms with van der Waals surface area (Å²) < 4.78 is 38.0. The van der Waals surface area contributed by atoms with E-state index in [2.05, 4.69) is 20.3 Å². The van der Waals surface area contributed by atoms with Gasteiger partial charge in [-0.15, -0.1) is 0 Å². The molecule has 0 bridgehead atoms. The Bertz CT molecular complexity index is 493. The van der Waals surface area contributed by atoms with Crippen LogP contribution >= 0.6 is 0 Å². The molecule has 7 heteroatoms. The Morgan fingerprint density at radius 2 is 2.06 bits per heavy atom. The number of hydrogen-bond donors (Lipinski definition) is 2.